The highest BCUT2D eigenvalue weighted by molar-refractivity contribution is 6.07. The Morgan fingerprint density at radius 2 is 1.31 bits per heavy atom. The molecule has 4 aromatic rings. The van der Waals surface area contributed by atoms with Crippen LogP contribution in [0.2, 0.25) is 0 Å². The van der Waals surface area contributed by atoms with Gasteiger partial charge in [0.25, 0.3) is 0 Å². The molecule has 1 saturated carbocycles. The van der Waals surface area contributed by atoms with Crippen LogP contribution in [0.25, 0.3) is 28.0 Å². The second-order valence-electron chi connectivity index (χ2n) is 13.1. The Balaban J connectivity index is 0.000000860. The Labute approximate surface area is 273 Å². The Morgan fingerprint density at radius 3 is 2.02 bits per heavy atom. The van der Waals surface area contributed by atoms with Gasteiger partial charge in [0, 0.05) is 10.8 Å². The molecule has 4 aliphatic rings. The molecule has 232 valence electrons. The third-order valence-electron chi connectivity index (χ3n) is 10.8. The van der Waals surface area contributed by atoms with Crippen LogP contribution in [-0.2, 0) is 17.3 Å². The molecule has 0 heterocycles. The largest absolute Gasteiger partial charge is 0.0839 e. The monoisotopic (exact) mass is 592 g/mol. The molecule has 0 amide bonds. The second-order valence-corrected chi connectivity index (χ2v) is 13.1. The lowest BCUT2D eigenvalue weighted by Gasteiger charge is -2.41. The van der Waals surface area contributed by atoms with Crippen LogP contribution in [0.15, 0.2) is 103 Å². The molecule has 0 heteroatoms. The summed E-state index contributed by atoms with van der Waals surface area (Å²) in [6, 6.07) is 28.2. The quantitative estimate of drug-likeness (QED) is 0.217. The summed E-state index contributed by atoms with van der Waals surface area (Å²) in [4.78, 5) is 0. The first-order valence-corrected chi connectivity index (χ1v) is 18.0. The fraction of sp³-hybridized carbons (Fsp3) is 0.378. The van der Waals surface area contributed by atoms with Gasteiger partial charge >= 0.3 is 0 Å². The topological polar surface area (TPSA) is 0 Å². The molecule has 0 aliphatic heterocycles. The van der Waals surface area contributed by atoms with Crippen LogP contribution in [0.3, 0.4) is 0 Å². The third-order valence-corrected chi connectivity index (χ3v) is 10.8. The number of fused-ring (bicyclic) bond motifs is 10. The van der Waals surface area contributed by atoms with Crippen LogP contribution in [0, 0.1) is 6.92 Å². The van der Waals surface area contributed by atoms with Gasteiger partial charge in [-0.2, -0.15) is 0 Å². The van der Waals surface area contributed by atoms with Crippen molar-refractivity contribution in [3.63, 3.8) is 0 Å². The van der Waals surface area contributed by atoms with E-state index in [1.807, 2.05) is 27.7 Å². The van der Waals surface area contributed by atoms with Gasteiger partial charge in [0.1, 0.15) is 0 Å². The van der Waals surface area contributed by atoms with E-state index in [-0.39, 0.29) is 10.8 Å². The average molecular weight is 593 g/mol. The zero-order valence-electron chi connectivity index (χ0n) is 28.4. The Morgan fingerprint density at radius 1 is 0.644 bits per heavy atom. The smallest absolute Gasteiger partial charge is 0.0422 e. The first-order chi connectivity index (χ1) is 22.2. The normalized spacial score (nSPS) is 20.8. The van der Waals surface area contributed by atoms with Gasteiger partial charge in [-0.15, -0.1) is 0 Å². The van der Waals surface area contributed by atoms with Gasteiger partial charge < -0.3 is 0 Å². The van der Waals surface area contributed by atoms with Crippen molar-refractivity contribution in [1.29, 1.82) is 0 Å². The van der Waals surface area contributed by atoms with Crippen molar-refractivity contribution in [2.45, 2.75) is 110 Å². The lowest BCUT2D eigenvalue weighted by molar-refractivity contribution is 0.372. The van der Waals surface area contributed by atoms with E-state index in [1.54, 1.807) is 16.7 Å². The minimum Gasteiger partial charge on any atom is -0.0839 e. The number of aryl methyl sites for hydroxylation is 1. The second kappa shape index (κ2) is 13.4. The molecule has 8 rings (SSSR count). The van der Waals surface area contributed by atoms with Gasteiger partial charge in [0.15, 0.2) is 0 Å². The molecular formula is C45H52. The van der Waals surface area contributed by atoms with Crippen molar-refractivity contribution in [1.82, 2.24) is 0 Å². The van der Waals surface area contributed by atoms with E-state index < -0.39 is 0 Å². The predicted molar refractivity (Wildman–Crippen MR) is 197 cm³/mol. The molecule has 1 fully saturated rings. The summed E-state index contributed by atoms with van der Waals surface area (Å²) >= 11 is 0. The SMILES string of the molecule is CC.CC.Cc1ccc(C2(C3=CCCC=C3)C=Cc3c4c(c5ccccc5c3C2)-c2ccccc2C42CCCCCCC2)cc1. The van der Waals surface area contributed by atoms with Crippen molar-refractivity contribution >= 4 is 16.8 Å². The van der Waals surface area contributed by atoms with E-state index in [1.165, 1.54) is 89.1 Å². The maximum absolute atomic E-state index is 2.59. The summed E-state index contributed by atoms with van der Waals surface area (Å²) in [5.41, 5.74) is 13.5. The van der Waals surface area contributed by atoms with E-state index in [0.29, 0.717) is 0 Å². The minimum absolute atomic E-state index is 0.124. The predicted octanol–water partition coefficient (Wildman–Crippen LogP) is 13.0. The van der Waals surface area contributed by atoms with Crippen LogP contribution in [0.5, 0.6) is 0 Å². The van der Waals surface area contributed by atoms with Crippen LogP contribution in [-0.4, -0.2) is 0 Å². The summed E-state index contributed by atoms with van der Waals surface area (Å²) < 4.78 is 0. The van der Waals surface area contributed by atoms with Gasteiger partial charge in [-0.25, -0.2) is 0 Å². The zero-order chi connectivity index (χ0) is 31.4. The highest BCUT2D eigenvalue weighted by atomic mass is 14.5. The lowest BCUT2D eigenvalue weighted by Crippen LogP contribution is -2.33. The van der Waals surface area contributed by atoms with Crippen molar-refractivity contribution in [2.24, 2.45) is 0 Å². The molecule has 0 nitrogen and oxygen atoms in total. The Kier molecular flexibility index (Phi) is 9.32. The molecule has 0 radical (unpaired) electrons. The van der Waals surface area contributed by atoms with Crippen LogP contribution in [0.4, 0.5) is 0 Å². The van der Waals surface area contributed by atoms with Crippen molar-refractivity contribution in [3.05, 3.63) is 136 Å². The maximum atomic E-state index is 2.59. The Hall–Kier alpha value is -3.64. The number of hydrogen-bond acceptors (Lipinski definition) is 0. The molecule has 1 unspecified atom stereocenters. The summed E-state index contributed by atoms with van der Waals surface area (Å²) in [5, 5.41) is 2.90. The standard InChI is InChI=1S/C41H40.2C2H6/c1-29-20-22-31(23-21-29)41(30-14-6-5-7-15-30)27-24-34-36(28-41)32-16-8-9-17-33(32)38-35-18-10-11-19-37(35)40(39(34)38)25-12-3-2-4-13-26-40;2*1-2/h6,8-11,14-24,27H,2-5,7,12-13,25-26,28H2,1H3;2*1-2H3. The average Bonchev–Trinajstić information content (AvgIpc) is 3.39. The molecule has 0 aromatic heterocycles. The van der Waals surface area contributed by atoms with Gasteiger partial charge in [0.2, 0.25) is 0 Å². The molecule has 0 saturated heterocycles. The highest BCUT2D eigenvalue weighted by Crippen LogP contribution is 2.60. The summed E-state index contributed by atoms with van der Waals surface area (Å²) in [5.74, 6) is 0. The highest BCUT2D eigenvalue weighted by Gasteiger charge is 2.47. The van der Waals surface area contributed by atoms with Gasteiger partial charge in [-0.3, -0.25) is 0 Å². The van der Waals surface area contributed by atoms with Crippen LogP contribution >= 0.6 is 0 Å². The molecule has 1 atom stereocenters. The zero-order valence-corrected chi connectivity index (χ0v) is 28.4. The number of hydrogen-bond donors (Lipinski definition) is 0. The van der Waals surface area contributed by atoms with Crippen LogP contribution < -0.4 is 0 Å². The summed E-state index contributed by atoms with van der Waals surface area (Å²) in [7, 11) is 0. The summed E-state index contributed by atoms with van der Waals surface area (Å²) in [6.07, 6.45) is 25.1. The van der Waals surface area contributed by atoms with E-state index >= 15 is 0 Å². The molecule has 4 aliphatic carbocycles. The van der Waals surface area contributed by atoms with E-state index in [2.05, 4.69) is 110 Å². The molecule has 45 heavy (non-hydrogen) atoms. The molecule has 4 aromatic carbocycles. The Bertz CT molecular complexity index is 1730. The number of rotatable bonds is 2. The van der Waals surface area contributed by atoms with E-state index in [9.17, 15) is 0 Å². The van der Waals surface area contributed by atoms with Crippen LogP contribution in [0.1, 0.15) is 119 Å². The van der Waals surface area contributed by atoms with Gasteiger partial charge in [-0.1, -0.05) is 169 Å². The minimum atomic E-state index is -0.145. The lowest BCUT2D eigenvalue weighted by atomic mass is 9.62. The van der Waals surface area contributed by atoms with E-state index in [0.717, 1.165) is 19.3 Å². The fourth-order valence-corrected chi connectivity index (χ4v) is 8.88. The first-order valence-electron chi connectivity index (χ1n) is 18.0. The maximum Gasteiger partial charge on any atom is 0.0422 e. The van der Waals surface area contributed by atoms with Crippen molar-refractivity contribution < 1.29 is 0 Å². The summed E-state index contributed by atoms with van der Waals surface area (Å²) in [6.45, 7) is 10.2. The molecule has 0 bridgehead atoms. The number of benzene rings is 4. The molecule has 0 N–H and O–H groups in total. The van der Waals surface area contributed by atoms with Crippen molar-refractivity contribution in [2.75, 3.05) is 0 Å². The molecule has 1 spiro atoms. The van der Waals surface area contributed by atoms with Crippen molar-refractivity contribution in [3.8, 4) is 11.1 Å². The molecular weight excluding hydrogens is 540 g/mol. The van der Waals surface area contributed by atoms with Gasteiger partial charge in [0.05, 0.1) is 0 Å². The van der Waals surface area contributed by atoms with E-state index in [4.69, 9.17) is 0 Å². The van der Waals surface area contributed by atoms with Gasteiger partial charge in [-0.05, 0) is 94.3 Å². The first kappa shape index (κ1) is 31.3. The fourth-order valence-electron chi connectivity index (χ4n) is 8.88. The third kappa shape index (κ3) is 5.15. The number of allylic oxidation sites excluding steroid dienone is 5.